The van der Waals surface area contributed by atoms with E-state index < -0.39 is 24.3 Å². The van der Waals surface area contributed by atoms with Crippen molar-refractivity contribution in [2.24, 2.45) is 5.10 Å². The Labute approximate surface area is 245 Å². The third-order valence-corrected chi connectivity index (χ3v) is 6.14. The molecule has 0 aliphatic carbocycles. The standard InChI is InChI=1S/C30H38N4O8/c1-7-10-21-13-19(14-24(38-5)28(21)41-9-3)16-31-34-25(35)17-42-22-12-11-20(15-23(22)40-8-2)27-26(29(36)39-6)18(4)32-30(37)33-27/h7,11-16,25,27,34-35H,1,8-10,17H2,2-6H3,(H2,32,33,37)/b31-16-/t25-,27+/m1/s1. The minimum Gasteiger partial charge on any atom is -0.493 e. The lowest BCUT2D eigenvalue weighted by atomic mass is 9.95. The van der Waals surface area contributed by atoms with E-state index in [0.29, 0.717) is 53.9 Å². The second kappa shape index (κ2) is 15.3. The average molecular weight is 583 g/mol. The van der Waals surface area contributed by atoms with Gasteiger partial charge in [-0.3, -0.25) is 5.43 Å². The van der Waals surface area contributed by atoms with Crippen LogP contribution in [0.15, 0.2) is 59.4 Å². The van der Waals surface area contributed by atoms with Gasteiger partial charge in [-0.2, -0.15) is 5.10 Å². The summed E-state index contributed by atoms with van der Waals surface area (Å²) in [5.41, 5.74) is 5.52. The molecule has 0 aromatic heterocycles. The summed E-state index contributed by atoms with van der Waals surface area (Å²) in [7, 11) is 2.84. The van der Waals surface area contributed by atoms with Crippen LogP contribution in [0, 0.1) is 0 Å². The lowest BCUT2D eigenvalue weighted by molar-refractivity contribution is -0.136. The van der Waals surface area contributed by atoms with Crippen LogP contribution in [-0.4, -0.2) is 63.6 Å². The summed E-state index contributed by atoms with van der Waals surface area (Å²) in [6.07, 6.45) is 2.77. The number of nitrogens with one attached hydrogen (secondary N) is 3. The van der Waals surface area contributed by atoms with Crippen molar-refractivity contribution in [1.82, 2.24) is 16.1 Å². The zero-order chi connectivity index (χ0) is 30.6. The Hall–Kier alpha value is -4.71. The minimum atomic E-state index is -1.15. The van der Waals surface area contributed by atoms with Gasteiger partial charge in [-0.1, -0.05) is 12.1 Å². The maximum Gasteiger partial charge on any atom is 0.337 e. The van der Waals surface area contributed by atoms with Crippen LogP contribution >= 0.6 is 0 Å². The van der Waals surface area contributed by atoms with Gasteiger partial charge in [-0.25, -0.2) is 9.59 Å². The second-order valence-electron chi connectivity index (χ2n) is 9.05. The molecule has 2 amide bonds. The number of aliphatic hydroxyl groups is 1. The lowest BCUT2D eigenvalue weighted by Gasteiger charge is -2.28. The average Bonchev–Trinajstić information content (AvgIpc) is 2.97. The number of aliphatic hydroxyl groups excluding tert-OH is 1. The van der Waals surface area contributed by atoms with Gasteiger partial charge in [0.05, 0.1) is 45.3 Å². The highest BCUT2D eigenvalue weighted by atomic mass is 16.5. The Morgan fingerprint density at radius 1 is 1.12 bits per heavy atom. The second-order valence-corrected chi connectivity index (χ2v) is 9.05. The fourth-order valence-corrected chi connectivity index (χ4v) is 4.34. The van der Waals surface area contributed by atoms with Crippen molar-refractivity contribution in [1.29, 1.82) is 0 Å². The largest absolute Gasteiger partial charge is 0.493 e. The quantitative estimate of drug-likeness (QED) is 0.0816. The van der Waals surface area contributed by atoms with E-state index in [9.17, 15) is 14.7 Å². The van der Waals surface area contributed by atoms with Crippen LogP contribution in [0.25, 0.3) is 0 Å². The topological polar surface area (TPSA) is 149 Å². The van der Waals surface area contributed by atoms with Crippen LogP contribution in [-0.2, 0) is 16.0 Å². The van der Waals surface area contributed by atoms with Crippen molar-refractivity contribution in [3.8, 4) is 23.0 Å². The molecule has 12 heteroatoms. The first-order valence-corrected chi connectivity index (χ1v) is 13.4. The Morgan fingerprint density at radius 2 is 1.88 bits per heavy atom. The van der Waals surface area contributed by atoms with E-state index in [0.717, 1.165) is 11.1 Å². The van der Waals surface area contributed by atoms with E-state index in [1.807, 2.05) is 19.9 Å². The van der Waals surface area contributed by atoms with E-state index in [1.165, 1.54) is 7.11 Å². The van der Waals surface area contributed by atoms with Crippen LogP contribution in [0.4, 0.5) is 4.79 Å². The minimum absolute atomic E-state index is 0.151. The number of allylic oxidation sites excluding steroid dienone is 2. The molecule has 1 heterocycles. The molecule has 0 radical (unpaired) electrons. The summed E-state index contributed by atoms with van der Waals surface area (Å²) in [5.74, 6) is 1.39. The molecule has 0 bridgehead atoms. The number of ether oxygens (including phenoxy) is 5. The van der Waals surface area contributed by atoms with Crippen molar-refractivity contribution < 1.29 is 38.4 Å². The van der Waals surface area contributed by atoms with Crippen LogP contribution in [0.1, 0.15) is 43.5 Å². The van der Waals surface area contributed by atoms with Crippen molar-refractivity contribution in [3.63, 3.8) is 0 Å². The van der Waals surface area contributed by atoms with Crippen LogP contribution in [0.2, 0.25) is 0 Å². The van der Waals surface area contributed by atoms with Crippen molar-refractivity contribution in [2.75, 3.05) is 34.0 Å². The molecule has 0 saturated heterocycles. The van der Waals surface area contributed by atoms with Crippen LogP contribution in [0.3, 0.4) is 0 Å². The van der Waals surface area contributed by atoms with E-state index in [2.05, 4.69) is 27.7 Å². The number of methoxy groups -OCH3 is 2. The summed E-state index contributed by atoms with van der Waals surface area (Å²) >= 11 is 0. The van der Waals surface area contributed by atoms with Gasteiger partial charge in [0.15, 0.2) is 29.2 Å². The first kappa shape index (κ1) is 31.8. The Kier molecular flexibility index (Phi) is 11.6. The van der Waals surface area contributed by atoms with Gasteiger partial charge in [0.1, 0.15) is 6.61 Å². The van der Waals surface area contributed by atoms with Crippen molar-refractivity contribution in [3.05, 3.63) is 70.9 Å². The summed E-state index contributed by atoms with van der Waals surface area (Å²) < 4.78 is 27.7. The summed E-state index contributed by atoms with van der Waals surface area (Å²) in [4.78, 5) is 24.6. The number of nitrogens with zero attached hydrogens (tertiary/aromatic N) is 1. The van der Waals surface area contributed by atoms with E-state index >= 15 is 0 Å². The highest BCUT2D eigenvalue weighted by Gasteiger charge is 2.32. The highest BCUT2D eigenvalue weighted by molar-refractivity contribution is 5.95. The molecule has 2 aromatic rings. The number of hydrogen-bond acceptors (Lipinski definition) is 10. The van der Waals surface area contributed by atoms with Crippen LogP contribution < -0.4 is 35.0 Å². The number of amides is 2. The predicted molar refractivity (Wildman–Crippen MR) is 157 cm³/mol. The number of hydrazone groups is 1. The number of carbonyl (C=O) groups excluding carboxylic acids is 2. The molecule has 4 N–H and O–H groups in total. The van der Waals surface area contributed by atoms with Gasteiger partial charge in [0.25, 0.3) is 0 Å². The smallest absolute Gasteiger partial charge is 0.337 e. The Bertz CT molecular complexity index is 1340. The molecule has 226 valence electrons. The SMILES string of the molecule is C=CCc1cc(/C=N\N[C@H](O)COc2ccc([C@@H]3NC(=O)NC(C)=C3C(=O)OC)cc2OCC)cc(OC)c1OCC. The van der Waals surface area contributed by atoms with E-state index in [1.54, 1.807) is 50.6 Å². The normalized spacial score (nSPS) is 15.4. The first-order valence-electron chi connectivity index (χ1n) is 13.4. The monoisotopic (exact) mass is 582 g/mol. The lowest BCUT2D eigenvalue weighted by Crippen LogP contribution is -2.45. The molecule has 0 saturated carbocycles. The van der Waals surface area contributed by atoms with Gasteiger partial charge in [0.2, 0.25) is 0 Å². The number of benzene rings is 2. The molecule has 3 rings (SSSR count). The van der Waals surface area contributed by atoms with Gasteiger partial charge in [-0.05, 0) is 62.6 Å². The first-order chi connectivity index (χ1) is 20.3. The highest BCUT2D eigenvalue weighted by Crippen LogP contribution is 2.35. The number of carbonyl (C=O) groups is 2. The van der Waals surface area contributed by atoms with Gasteiger partial charge >= 0.3 is 12.0 Å². The molecule has 1 aliphatic heterocycles. The van der Waals surface area contributed by atoms with Crippen LogP contribution in [0.5, 0.6) is 23.0 Å². The molecule has 42 heavy (non-hydrogen) atoms. The number of esters is 1. The zero-order valence-corrected chi connectivity index (χ0v) is 24.5. The summed E-state index contributed by atoms with van der Waals surface area (Å²) in [5, 5.41) is 19.9. The van der Waals surface area contributed by atoms with Gasteiger partial charge in [0, 0.05) is 11.3 Å². The van der Waals surface area contributed by atoms with Gasteiger partial charge < -0.3 is 39.4 Å². The molecule has 1 aliphatic rings. The molecular formula is C30H38N4O8. The number of urea groups is 1. The number of rotatable bonds is 15. The van der Waals surface area contributed by atoms with E-state index in [-0.39, 0.29) is 12.2 Å². The Morgan fingerprint density at radius 3 is 2.55 bits per heavy atom. The summed E-state index contributed by atoms with van der Waals surface area (Å²) in [6, 6.07) is 7.50. The molecular weight excluding hydrogens is 544 g/mol. The van der Waals surface area contributed by atoms with Gasteiger partial charge in [-0.15, -0.1) is 6.58 Å². The molecule has 12 nitrogen and oxygen atoms in total. The Balaban J connectivity index is 1.71. The number of hydrogen-bond donors (Lipinski definition) is 4. The maximum absolute atomic E-state index is 12.4. The fourth-order valence-electron chi connectivity index (χ4n) is 4.34. The van der Waals surface area contributed by atoms with Crippen molar-refractivity contribution >= 4 is 18.2 Å². The predicted octanol–water partition coefficient (Wildman–Crippen LogP) is 3.34. The molecule has 2 aromatic carbocycles. The zero-order valence-electron chi connectivity index (χ0n) is 24.5. The third-order valence-electron chi connectivity index (χ3n) is 6.14. The third kappa shape index (κ3) is 7.94. The molecule has 0 unspecified atom stereocenters. The molecule has 0 fully saturated rings. The fraction of sp³-hybridized carbons (Fsp3) is 0.367. The van der Waals surface area contributed by atoms with Crippen molar-refractivity contribution in [2.45, 2.75) is 39.5 Å². The molecule has 0 spiro atoms. The molecule has 2 atom stereocenters. The maximum atomic E-state index is 12.4. The van der Waals surface area contributed by atoms with E-state index in [4.69, 9.17) is 23.7 Å². The summed E-state index contributed by atoms with van der Waals surface area (Å²) in [6.45, 7) is 9.82.